The number of amides is 1. The molecule has 7 nitrogen and oxygen atoms in total. The molecule has 0 fully saturated rings. The summed E-state index contributed by atoms with van der Waals surface area (Å²) in [6.45, 7) is 0.653. The molecule has 0 N–H and O–H groups in total. The van der Waals surface area contributed by atoms with Crippen molar-refractivity contribution in [3.05, 3.63) is 77.1 Å². The minimum atomic E-state index is -0.413. The van der Waals surface area contributed by atoms with Gasteiger partial charge in [0.25, 0.3) is 5.91 Å². The number of benzene rings is 3. The molecule has 3 aromatic rings. The molecule has 35 heavy (non-hydrogen) atoms. The molecule has 0 aromatic heterocycles. The molecular weight excluding hydrogens is 453 g/mol. The van der Waals surface area contributed by atoms with Gasteiger partial charge in [-0.05, 0) is 72.1 Å². The summed E-state index contributed by atoms with van der Waals surface area (Å²) in [5.41, 5.74) is 2.43. The van der Waals surface area contributed by atoms with Crippen molar-refractivity contribution in [2.45, 2.75) is 12.5 Å². The quantitative estimate of drug-likeness (QED) is 0.466. The highest BCUT2D eigenvalue weighted by atomic mass is 19.1. The third kappa shape index (κ3) is 4.96. The number of hydrogen-bond donors (Lipinski definition) is 0. The Bertz CT molecular complexity index is 1200. The van der Waals surface area contributed by atoms with Gasteiger partial charge in [-0.15, -0.1) is 0 Å². The van der Waals surface area contributed by atoms with E-state index >= 15 is 0 Å². The van der Waals surface area contributed by atoms with E-state index in [0.29, 0.717) is 47.3 Å². The Morgan fingerprint density at radius 2 is 1.49 bits per heavy atom. The van der Waals surface area contributed by atoms with E-state index in [1.807, 2.05) is 12.1 Å². The monoisotopic (exact) mass is 481 g/mol. The topological polar surface area (TPSA) is 66.5 Å². The molecule has 184 valence electrons. The molecule has 0 saturated carbocycles. The van der Waals surface area contributed by atoms with Crippen LogP contribution in [-0.4, -0.2) is 52.4 Å². The lowest BCUT2D eigenvalue weighted by Crippen LogP contribution is -2.42. The van der Waals surface area contributed by atoms with Crippen molar-refractivity contribution in [2.75, 3.05) is 41.6 Å². The van der Waals surface area contributed by atoms with Crippen LogP contribution >= 0.6 is 0 Å². The van der Waals surface area contributed by atoms with Gasteiger partial charge in [-0.1, -0.05) is 0 Å². The van der Waals surface area contributed by atoms with E-state index in [1.54, 1.807) is 56.6 Å². The third-order valence-corrected chi connectivity index (χ3v) is 6.12. The summed E-state index contributed by atoms with van der Waals surface area (Å²) in [5, 5.41) is 0. The maximum atomic E-state index is 13.7. The number of rotatable bonds is 8. The Morgan fingerprint density at radius 3 is 2.14 bits per heavy atom. The molecule has 0 radical (unpaired) electrons. The zero-order chi connectivity index (χ0) is 24.9. The second kappa shape index (κ2) is 10.5. The van der Waals surface area contributed by atoms with Gasteiger partial charge in [-0.25, -0.2) is 4.39 Å². The normalized spacial score (nSPS) is 14.7. The van der Waals surface area contributed by atoms with Crippen LogP contribution in [0.1, 0.15) is 27.5 Å². The number of halogens is 1. The summed E-state index contributed by atoms with van der Waals surface area (Å²) >= 11 is 0. The largest absolute Gasteiger partial charge is 0.493 e. The van der Waals surface area contributed by atoms with Crippen molar-refractivity contribution in [1.82, 2.24) is 4.90 Å². The van der Waals surface area contributed by atoms with Crippen molar-refractivity contribution in [3.63, 3.8) is 0 Å². The van der Waals surface area contributed by atoms with Gasteiger partial charge in [0.15, 0.2) is 23.0 Å². The number of carbonyl (C=O) groups is 1. The number of methoxy groups -OCH3 is 4. The molecule has 4 rings (SSSR count). The second-order valence-electron chi connectivity index (χ2n) is 8.01. The first-order valence-electron chi connectivity index (χ1n) is 11.1. The average Bonchev–Trinajstić information content (AvgIpc) is 2.90. The van der Waals surface area contributed by atoms with Crippen LogP contribution in [0.25, 0.3) is 0 Å². The van der Waals surface area contributed by atoms with Gasteiger partial charge in [0.2, 0.25) is 0 Å². The summed E-state index contributed by atoms with van der Waals surface area (Å²) in [6, 6.07) is 14.3. The zero-order valence-corrected chi connectivity index (χ0v) is 20.2. The smallest absolute Gasteiger partial charge is 0.254 e. The number of carbonyl (C=O) groups excluding carboxylic acids is 1. The zero-order valence-electron chi connectivity index (χ0n) is 20.2. The van der Waals surface area contributed by atoms with Gasteiger partial charge in [0, 0.05) is 12.1 Å². The number of ether oxygens (including phenoxy) is 5. The Kier molecular flexibility index (Phi) is 7.29. The van der Waals surface area contributed by atoms with E-state index in [-0.39, 0.29) is 18.3 Å². The Labute approximate surface area is 203 Å². The summed E-state index contributed by atoms with van der Waals surface area (Å²) < 4.78 is 41.0. The summed E-state index contributed by atoms with van der Waals surface area (Å²) in [5.74, 6) is 2.21. The summed E-state index contributed by atoms with van der Waals surface area (Å²) in [6.07, 6.45) is 0.641. The first-order chi connectivity index (χ1) is 17.0. The SMILES string of the molecule is COc1ccc(C(=O)N2CCc3cc(OC)c(OC)cc3[C@H]2COc2ccc(F)cc2)cc1OC. The Balaban J connectivity index is 1.71. The van der Waals surface area contributed by atoms with Crippen molar-refractivity contribution in [3.8, 4) is 28.7 Å². The molecule has 1 amide bonds. The van der Waals surface area contributed by atoms with Crippen molar-refractivity contribution >= 4 is 5.91 Å². The molecule has 1 atom stereocenters. The minimum absolute atomic E-state index is 0.168. The lowest BCUT2D eigenvalue weighted by atomic mass is 9.91. The fraction of sp³-hybridized carbons (Fsp3) is 0.296. The molecule has 0 unspecified atom stereocenters. The van der Waals surface area contributed by atoms with Gasteiger partial charge in [-0.3, -0.25) is 4.79 Å². The van der Waals surface area contributed by atoms with Crippen LogP contribution in [0.3, 0.4) is 0 Å². The highest BCUT2D eigenvalue weighted by molar-refractivity contribution is 5.95. The van der Waals surface area contributed by atoms with Gasteiger partial charge in [0.1, 0.15) is 18.2 Å². The third-order valence-electron chi connectivity index (χ3n) is 6.12. The Hall–Kier alpha value is -3.94. The molecule has 0 bridgehead atoms. The van der Waals surface area contributed by atoms with E-state index in [9.17, 15) is 9.18 Å². The van der Waals surface area contributed by atoms with E-state index in [4.69, 9.17) is 23.7 Å². The molecule has 0 saturated heterocycles. The fourth-order valence-electron chi connectivity index (χ4n) is 4.29. The van der Waals surface area contributed by atoms with Crippen LogP contribution in [0.5, 0.6) is 28.7 Å². The van der Waals surface area contributed by atoms with Gasteiger partial charge < -0.3 is 28.6 Å². The predicted molar refractivity (Wildman–Crippen MR) is 128 cm³/mol. The van der Waals surface area contributed by atoms with Crippen molar-refractivity contribution < 1.29 is 32.9 Å². The standard InChI is InChI=1S/C27H28FNO6/c1-31-23-10-5-18(14-24(23)32-2)27(30)29-12-11-17-13-25(33-3)26(34-4)15-21(17)22(29)16-35-20-8-6-19(28)7-9-20/h5-10,13-15,22H,11-12,16H2,1-4H3/t22-/m1/s1. The van der Waals surface area contributed by atoms with E-state index < -0.39 is 6.04 Å². The van der Waals surface area contributed by atoms with E-state index in [2.05, 4.69) is 0 Å². The predicted octanol–water partition coefficient (Wildman–Crippen LogP) is 4.68. The van der Waals surface area contributed by atoms with Crippen LogP contribution in [0.4, 0.5) is 4.39 Å². The maximum absolute atomic E-state index is 13.7. The molecule has 0 aliphatic carbocycles. The number of nitrogens with zero attached hydrogens (tertiary/aromatic N) is 1. The highest BCUT2D eigenvalue weighted by Crippen LogP contribution is 2.39. The molecular formula is C27H28FNO6. The minimum Gasteiger partial charge on any atom is -0.493 e. The fourth-order valence-corrected chi connectivity index (χ4v) is 4.29. The molecule has 8 heteroatoms. The maximum Gasteiger partial charge on any atom is 0.254 e. The first-order valence-corrected chi connectivity index (χ1v) is 11.1. The molecule has 3 aromatic carbocycles. The lowest BCUT2D eigenvalue weighted by molar-refractivity contribution is 0.0589. The van der Waals surface area contributed by atoms with Gasteiger partial charge in [-0.2, -0.15) is 0 Å². The van der Waals surface area contributed by atoms with Gasteiger partial charge in [0.05, 0.1) is 34.5 Å². The number of fused-ring (bicyclic) bond motifs is 1. The molecule has 0 spiro atoms. The van der Waals surface area contributed by atoms with E-state index in [0.717, 1.165) is 11.1 Å². The highest BCUT2D eigenvalue weighted by Gasteiger charge is 2.33. The van der Waals surface area contributed by atoms with Crippen LogP contribution < -0.4 is 23.7 Å². The second-order valence-corrected chi connectivity index (χ2v) is 8.01. The van der Waals surface area contributed by atoms with Crippen LogP contribution in [0.15, 0.2) is 54.6 Å². The average molecular weight is 482 g/mol. The molecule has 1 heterocycles. The van der Waals surface area contributed by atoms with Crippen molar-refractivity contribution in [1.29, 1.82) is 0 Å². The number of hydrogen-bond acceptors (Lipinski definition) is 6. The van der Waals surface area contributed by atoms with Gasteiger partial charge >= 0.3 is 0 Å². The lowest BCUT2D eigenvalue weighted by Gasteiger charge is -2.37. The van der Waals surface area contributed by atoms with Crippen LogP contribution in [0, 0.1) is 5.82 Å². The first kappa shape index (κ1) is 24.2. The summed E-state index contributed by atoms with van der Waals surface area (Å²) in [4.78, 5) is 15.5. The molecule has 1 aliphatic heterocycles. The van der Waals surface area contributed by atoms with Crippen molar-refractivity contribution in [2.24, 2.45) is 0 Å². The summed E-state index contributed by atoms with van der Waals surface area (Å²) in [7, 11) is 6.24. The van der Waals surface area contributed by atoms with Crippen LogP contribution in [0.2, 0.25) is 0 Å². The molecule has 1 aliphatic rings. The van der Waals surface area contributed by atoms with E-state index in [1.165, 1.54) is 19.2 Å². The Morgan fingerprint density at radius 1 is 0.857 bits per heavy atom. The van der Waals surface area contributed by atoms with Crippen LogP contribution in [-0.2, 0) is 6.42 Å².